The van der Waals surface area contributed by atoms with Gasteiger partial charge in [-0.25, -0.2) is 0 Å². The Kier molecular flexibility index (Phi) is 4.28. The molecular formula is C6H7AlNO3S. The smallest absolute Gasteiger partial charge is 0.371 e. The van der Waals surface area contributed by atoms with Crippen LogP contribution in [0, 0.1) is 0 Å². The first-order valence-electron chi connectivity index (χ1n) is 2.85. The van der Waals surface area contributed by atoms with E-state index in [0.717, 1.165) is 0 Å². The van der Waals surface area contributed by atoms with Crippen molar-refractivity contribution in [3.05, 3.63) is 30.3 Å². The van der Waals surface area contributed by atoms with Crippen molar-refractivity contribution in [3.63, 3.8) is 0 Å². The summed E-state index contributed by atoms with van der Waals surface area (Å²) < 4.78 is 25.1. The van der Waals surface area contributed by atoms with Crippen molar-refractivity contribution in [1.82, 2.24) is 0 Å². The molecular weight excluding hydrogens is 193 g/mol. The van der Waals surface area contributed by atoms with Gasteiger partial charge in [-0.05, 0) is 12.1 Å². The van der Waals surface area contributed by atoms with Crippen molar-refractivity contribution in [1.29, 1.82) is 0 Å². The fraction of sp³-hybridized carbons (Fsp3) is 0. The summed E-state index contributed by atoms with van der Waals surface area (Å²) in [6, 6.07) is 8.06. The highest BCUT2D eigenvalue weighted by atomic mass is 32.2. The second kappa shape index (κ2) is 4.48. The van der Waals surface area contributed by atoms with Crippen LogP contribution in [0.25, 0.3) is 0 Å². The van der Waals surface area contributed by atoms with Crippen molar-refractivity contribution in [3.8, 4) is 5.75 Å². The van der Waals surface area contributed by atoms with Crippen molar-refractivity contribution < 1.29 is 12.6 Å². The molecule has 63 valence electrons. The van der Waals surface area contributed by atoms with Gasteiger partial charge >= 0.3 is 10.3 Å². The normalized spacial score (nSPS) is 10.1. The Bertz CT molecular complexity index is 324. The van der Waals surface area contributed by atoms with E-state index in [4.69, 9.17) is 0 Å². The molecule has 0 aromatic heterocycles. The second-order valence-corrected chi connectivity index (χ2v) is 3.04. The van der Waals surface area contributed by atoms with Gasteiger partial charge in [-0.2, -0.15) is 13.6 Å². The minimum atomic E-state index is -3.88. The maximum Gasteiger partial charge on any atom is 0.380 e. The molecule has 1 aromatic rings. The van der Waals surface area contributed by atoms with Gasteiger partial charge in [-0.15, -0.1) is 0 Å². The largest absolute Gasteiger partial charge is 0.380 e. The predicted octanol–water partition coefficient (Wildman–Crippen LogP) is -0.112. The first kappa shape index (κ1) is 11.5. The lowest BCUT2D eigenvalue weighted by atomic mass is 10.3. The van der Waals surface area contributed by atoms with Gasteiger partial charge in [0, 0.05) is 17.4 Å². The van der Waals surface area contributed by atoms with Crippen molar-refractivity contribution in [2.45, 2.75) is 0 Å². The third kappa shape index (κ3) is 4.36. The molecule has 12 heavy (non-hydrogen) atoms. The number of hydrogen-bond donors (Lipinski definition) is 1. The van der Waals surface area contributed by atoms with Crippen LogP contribution < -0.4 is 9.32 Å². The minimum Gasteiger partial charge on any atom is -0.371 e. The Balaban J connectivity index is 0.00000121. The van der Waals surface area contributed by atoms with Crippen LogP contribution in [-0.2, 0) is 10.3 Å². The molecule has 0 aliphatic carbocycles. The standard InChI is InChI=1S/C6H7NO3S.Al/c7-11(8,9)10-6-4-2-1-3-5-6;/h1-5H,(H2,7,8,9);. The molecule has 0 aliphatic rings. The third-order valence-electron chi connectivity index (χ3n) is 0.956. The Morgan fingerprint density at radius 1 is 1.17 bits per heavy atom. The number of para-hydroxylation sites is 1. The van der Waals surface area contributed by atoms with E-state index in [1.165, 1.54) is 12.1 Å². The van der Waals surface area contributed by atoms with Crippen LogP contribution in [0.15, 0.2) is 30.3 Å². The molecule has 0 unspecified atom stereocenters. The number of rotatable bonds is 2. The first-order valence-corrected chi connectivity index (χ1v) is 4.32. The molecule has 0 fully saturated rings. The zero-order valence-corrected chi connectivity index (χ0v) is 8.15. The van der Waals surface area contributed by atoms with Crippen molar-refractivity contribution in [2.75, 3.05) is 0 Å². The monoisotopic (exact) mass is 200 g/mol. The number of nitrogens with two attached hydrogens (primary N) is 1. The summed E-state index contributed by atoms with van der Waals surface area (Å²) in [6.07, 6.45) is 0. The lowest BCUT2D eigenvalue weighted by molar-refractivity contribution is 0.488. The molecule has 4 nitrogen and oxygen atoms in total. The molecule has 0 aliphatic heterocycles. The minimum absolute atomic E-state index is 0. The topological polar surface area (TPSA) is 69.4 Å². The quantitative estimate of drug-likeness (QED) is 0.677. The molecule has 0 spiro atoms. The van der Waals surface area contributed by atoms with E-state index in [0.29, 0.717) is 0 Å². The molecule has 6 heteroatoms. The van der Waals surface area contributed by atoms with Gasteiger partial charge in [0.2, 0.25) is 0 Å². The van der Waals surface area contributed by atoms with Crippen LogP contribution in [0.4, 0.5) is 0 Å². The highest BCUT2D eigenvalue weighted by Gasteiger charge is 2.02. The summed E-state index contributed by atoms with van der Waals surface area (Å²) in [5, 5.41) is 4.62. The van der Waals surface area contributed by atoms with Crippen LogP contribution in [0.1, 0.15) is 0 Å². The number of benzene rings is 1. The summed E-state index contributed by atoms with van der Waals surface area (Å²) in [5.74, 6) is 0.218. The zero-order chi connectivity index (χ0) is 8.32. The Morgan fingerprint density at radius 2 is 1.67 bits per heavy atom. The lowest BCUT2D eigenvalue weighted by Crippen LogP contribution is -2.18. The summed E-state index contributed by atoms with van der Waals surface area (Å²) in [6.45, 7) is 0. The fourth-order valence-electron chi connectivity index (χ4n) is 0.610. The van der Waals surface area contributed by atoms with Crippen LogP contribution in [-0.4, -0.2) is 25.8 Å². The van der Waals surface area contributed by atoms with E-state index in [1.54, 1.807) is 18.2 Å². The molecule has 0 amide bonds. The van der Waals surface area contributed by atoms with Crippen LogP contribution >= 0.6 is 0 Å². The van der Waals surface area contributed by atoms with E-state index in [2.05, 4.69) is 9.32 Å². The lowest BCUT2D eigenvalue weighted by Gasteiger charge is -1.99. The van der Waals surface area contributed by atoms with Crippen LogP contribution in [0.5, 0.6) is 5.75 Å². The summed E-state index contributed by atoms with van der Waals surface area (Å²) in [7, 11) is -3.88. The average molecular weight is 200 g/mol. The molecule has 1 aromatic carbocycles. The van der Waals surface area contributed by atoms with E-state index in [1.807, 2.05) is 0 Å². The van der Waals surface area contributed by atoms with E-state index in [-0.39, 0.29) is 23.1 Å². The molecule has 2 N–H and O–H groups in total. The molecule has 0 saturated heterocycles. The van der Waals surface area contributed by atoms with Crippen LogP contribution in [0.3, 0.4) is 0 Å². The summed E-state index contributed by atoms with van der Waals surface area (Å²) in [4.78, 5) is 0. The van der Waals surface area contributed by atoms with Gasteiger partial charge < -0.3 is 4.18 Å². The van der Waals surface area contributed by atoms with Gasteiger partial charge in [-0.3, -0.25) is 0 Å². The zero-order valence-electron chi connectivity index (χ0n) is 6.17. The SMILES string of the molecule is NS(=O)(=O)Oc1ccccc1.[Al]. The molecule has 1 rings (SSSR count). The van der Waals surface area contributed by atoms with Crippen LogP contribution in [0.2, 0.25) is 0 Å². The average Bonchev–Trinajstić information content (AvgIpc) is 1.85. The summed E-state index contributed by atoms with van der Waals surface area (Å²) >= 11 is 0. The Hall–Kier alpha value is -0.538. The van der Waals surface area contributed by atoms with Crippen molar-refractivity contribution >= 4 is 27.7 Å². The molecule has 0 atom stereocenters. The highest BCUT2D eigenvalue weighted by Crippen LogP contribution is 2.09. The maximum atomic E-state index is 10.4. The first-order chi connectivity index (χ1) is 5.08. The van der Waals surface area contributed by atoms with Gasteiger partial charge in [0.15, 0.2) is 0 Å². The second-order valence-electron chi connectivity index (χ2n) is 1.89. The van der Waals surface area contributed by atoms with Gasteiger partial charge in [0.25, 0.3) is 0 Å². The molecule has 0 heterocycles. The Morgan fingerprint density at radius 3 is 2.08 bits per heavy atom. The van der Waals surface area contributed by atoms with Gasteiger partial charge in [-0.1, -0.05) is 18.2 Å². The molecule has 0 saturated carbocycles. The van der Waals surface area contributed by atoms with E-state index in [9.17, 15) is 8.42 Å². The maximum absolute atomic E-state index is 10.4. The summed E-state index contributed by atoms with van der Waals surface area (Å²) in [5.41, 5.74) is 0. The van der Waals surface area contributed by atoms with E-state index < -0.39 is 10.3 Å². The number of hydrogen-bond acceptors (Lipinski definition) is 3. The van der Waals surface area contributed by atoms with E-state index >= 15 is 0 Å². The molecule has 0 bridgehead atoms. The van der Waals surface area contributed by atoms with Gasteiger partial charge in [0.05, 0.1) is 0 Å². The molecule has 3 radical (unpaired) electrons. The van der Waals surface area contributed by atoms with Crippen molar-refractivity contribution in [2.24, 2.45) is 5.14 Å². The fourth-order valence-corrected chi connectivity index (χ4v) is 0.990. The van der Waals surface area contributed by atoms with Gasteiger partial charge in [0.1, 0.15) is 5.75 Å². The highest BCUT2D eigenvalue weighted by molar-refractivity contribution is 7.84. The predicted molar refractivity (Wildman–Crippen MR) is 45.9 cm³/mol. The third-order valence-corrected chi connectivity index (χ3v) is 1.38. The Labute approximate surface area is 81.7 Å².